The summed E-state index contributed by atoms with van der Waals surface area (Å²) in [5.74, 6) is 0. The zero-order valence-corrected chi connectivity index (χ0v) is 13.8. The number of aliphatic hydroxyl groups is 1. The van der Waals surface area contributed by atoms with Gasteiger partial charge in [-0.2, -0.15) is 0 Å². The molecule has 0 aliphatic heterocycles. The van der Waals surface area contributed by atoms with E-state index < -0.39 is 14.8 Å². The van der Waals surface area contributed by atoms with Crippen molar-refractivity contribution in [3.63, 3.8) is 0 Å². The molecular weight excluding hydrogens is 258 g/mol. The van der Waals surface area contributed by atoms with Crippen molar-refractivity contribution in [1.82, 2.24) is 5.32 Å². The SMILES string of the molecule is CCO[Si](C)(CCC(O)NC1CCCCC1)OCC. The first kappa shape index (κ1) is 17.1. The summed E-state index contributed by atoms with van der Waals surface area (Å²) in [6.45, 7) is 7.47. The predicted molar refractivity (Wildman–Crippen MR) is 80.3 cm³/mol. The molecule has 1 saturated carbocycles. The maximum Gasteiger partial charge on any atom is 0.335 e. The smallest absolute Gasteiger partial charge is 0.335 e. The highest BCUT2D eigenvalue weighted by Crippen LogP contribution is 2.20. The van der Waals surface area contributed by atoms with Gasteiger partial charge in [-0.15, -0.1) is 0 Å². The van der Waals surface area contributed by atoms with Gasteiger partial charge in [0.1, 0.15) is 6.23 Å². The molecule has 4 nitrogen and oxygen atoms in total. The zero-order valence-electron chi connectivity index (χ0n) is 12.8. The monoisotopic (exact) mass is 289 g/mol. The van der Waals surface area contributed by atoms with Gasteiger partial charge in [0.25, 0.3) is 0 Å². The highest BCUT2D eigenvalue weighted by atomic mass is 28.4. The first-order valence-corrected chi connectivity index (χ1v) is 10.3. The van der Waals surface area contributed by atoms with Gasteiger partial charge in [-0.25, -0.2) is 0 Å². The fourth-order valence-electron chi connectivity index (χ4n) is 2.82. The molecule has 1 atom stereocenters. The van der Waals surface area contributed by atoms with Crippen LogP contribution >= 0.6 is 0 Å². The van der Waals surface area contributed by atoms with Crippen LogP contribution < -0.4 is 5.32 Å². The molecule has 0 radical (unpaired) electrons. The molecule has 0 aromatic carbocycles. The third-order valence-electron chi connectivity index (χ3n) is 3.80. The van der Waals surface area contributed by atoms with Gasteiger partial charge in [0.2, 0.25) is 0 Å². The second-order valence-corrected chi connectivity index (χ2v) is 8.90. The molecule has 19 heavy (non-hydrogen) atoms. The molecule has 5 heteroatoms. The van der Waals surface area contributed by atoms with Crippen LogP contribution in [0.4, 0.5) is 0 Å². The molecule has 2 N–H and O–H groups in total. The molecule has 0 saturated heterocycles. The minimum absolute atomic E-state index is 0.421. The third-order valence-corrected chi connectivity index (χ3v) is 6.80. The summed E-state index contributed by atoms with van der Waals surface area (Å²) < 4.78 is 11.6. The lowest BCUT2D eigenvalue weighted by atomic mass is 9.95. The van der Waals surface area contributed by atoms with E-state index in [1.165, 1.54) is 32.1 Å². The van der Waals surface area contributed by atoms with Crippen molar-refractivity contribution >= 4 is 8.56 Å². The van der Waals surface area contributed by atoms with Gasteiger partial charge in [0, 0.05) is 19.3 Å². The van der Waals surface area contributed by atoms with E-state index in [9.17, 15) is 5.11 Å². The average molecular weight is 289 g/mol. The predicted octanol–water partition coefficient (Wildman–Crippen LogP) is 2.76. The normalized spacial score (nSPS) is 19.6. The van der Waals surface area contributed by atoms with Crippen molar-refractivity contribution in [2.75, 3.05) is 13.2 Å². The molecule has 0 aromatic heterocycles. The van der Waals surface area contributed by atoms with E-state index in [1.54, 1.807) is 0 Å². The third kappa shape index (κ3) is 6.86. The van der Waals surface area contributed by atoms with Crippen LogP contribution in [0.2, 0.25) is 12.6 Å². The molecule has 1 rings (SSSR count). The molecule has 1 unspecified atom stereocenters. The minimum atomic E-state index is -2.08. The van der Waals surface area contributed by atoms with Crippen LogP contribution in [0.5, 0.6) is 0 Å². The Morgan fingerprint density at radius 2 is 1.74 bits per heavy atom. The summed E-state index contributed by atoms with van der Waals surface area (Å²) in [5, 5.41) is 13.4. The fraction of sp³-hybridized carbons (Fsp3) is 1.00. The summed E-state index contributed by atoms with van der Waals surface area (Å²) in [5.41, 5.74) is 0. The van der Waals surface area contributed by atoms with Crippen LogP contribution in [-0.2, 0) is 8.85 Å². The largest absolute Gasteiger partial charge is 0.395 e. The highest BCUT2D eigenvalue weighted by molar-refractivity contribution is 6.66. The Morgan fingerprint density at radius 3 is 2.26 bits per heavy atom. The second kappa shape index (κ2) is 9.08. The fourth-order valence-corrected chi connectivity index (χ4v) is 5.21. The molecule has 0 heterocycles. The van der Waals surface area contributed by atoms with Gasteiger partial charge in [-0.05, 0) is 45.7 Å². The van der Waals surface area contributed by atoms with Crippen molar-refractivity contribution in [2.45, 2.75) is 77.2 Å². The van der Waals surface area contributed by atoms with Crippen LogP contribution in [0.3, 0.4) is 0 Å². The summed E-state index contributed by atoms with van der Waals surface area (Å²) in [4.78, 5) is 0. The van der Waals surface area contributed by atoms with E-state index in [1.807, 2.05) is 13.8 Å². The first-order chi connectivity index (χ1) is 9.09. The summed E-state index contributed by atoms with van der Waals surface area (Å²) in [6.07, 6.45) is 6.61. The number of nitrogens with one attached hydrogen (secondary N) is 1. The van der Waals surface area contributed by atoms with Gasteiger partial charge >= 0.3 is 8.56 Å². The minimum Gasteiger partial charge on any atom is -0.395 e. The van der Waals surface area contributed by atoms with Crippen molar-refractivity contribution in [3.05, 3.63) is 0 Å². The molecule has 114 valence electrons. The number of rotatable bonds is 9. The number of hydrogen-bond donors (Lipinski definition) is 2. The average Bonchev–Trinajstić information content (AvgIpc) is 2.38. The molecule has 0 spiro atoms. The highest BCUT2D eigenvalue weighted by Gasteiger charge is 2.31. The summed E-state index contributed by atoms with van der Waals surface area (Å²) in [7, 11) is -2.08. The van der Waals surface area contributed by atoms with E-state index in [4.69, 9.17) is 8.85 Å². The van der Waals surface area contributed by atoms with Crippen molar-refractivity contribution in [2.24, 2.45) is 0 Å². The van der Waals surface area contributed by atoms with Crippen molar-refractivity contribution in [1.29, 1.82) is 0 Å². The van der Waals surface area contributed by atoms with Crippen LogP contribution in [0.1, 0.15) is 52.4 Å². The van der Waals surface area contributed by atoms with Crippen LogP contribution in [0, 0.1) is 0 Å². The van der Waals surface area contributed by atoms with E-state index in [0.29, 0.717) is 19.3 Å². The van der Waals surface area contributed by atoms with E-state index in [0.717, 1.165) is 12.5 Å². The quantitative estimate of drug-likeness (QED) is 0.506. The topological polar surface area (TPSA) is 50.7 Å². The van der Waals surface area contributed by atoms with Gasteiger partial charge in [0.05, 0.1) is 0 Å². The van der Waals surface area contributed by atoms with Crippen LogP contribution in [0.25, 0.3) is 0 Å². The standard InChI is InChI=1S/C14H31NO3Si/c1-4-17-19(3,18-5-2)12-11-14(16)15-13-9-7-6-8-10-13/h13-16H,4-12H2,1-3H3. The molecular formula is C14H31NO3Si. The van der Waals surface area contributed by atoms with E-state index in [-0.39, 0.29) is 0 Å². The molecule has 0 aromatic rings. The Labute approximate surface area is 119 Å². The Hall–Kier alpha value is 0.0569. The Bertz CT molecular complexity index is 229. The van der Waals surface area contributed by atoms with E-state index >= 15 is 0 Å². The Kier molecular flexibility index (Phi) is 8.17. The van der Waals surface area contributed by atoms with Crippen LogP contribution in [0.15, 0.2) is 0 Å². The van der Waals surface area contributed by atoms with Crippen molar-refractivity contribution < 1.29 is 14.0 Å². The van der Waals surface area contributed by atoms with Gasteiger partial charge in [-0.3, -0.25) is 5.32 Å². The Balaban J connectivity index is 2.27. The number of hydrogen-bond acceptors (Lipinski definition) is 4. The van der Waals surface area contributed by atoms with Crippen LogP contribution in [-0.4, -0.2) is 39.2 Å². The molecule has 1 aliphatic carbocycles. The maximum absolute atomic E-state index is 10.1. The summed E-state index contributed by atoms with van der Waals surface area (Å²) in [6, 6.07) is 1.34. The molecule has 0 bridgehead atoms. The maximum atomic E-state index is 10.1. The zero-order chi connectivity index (χ0) is 14.1. The second-order valence-electron chi connectivity index (χ2n) is 5.56. The number of aliphatic hydroxyl groups excluding tert-OH is 1. The molecule has 0 amide bonds. The van der Waals surface area contributed by atoms with Gasteiger partial charge in [0.15, 0.2) is 0 Å². The molecule has 1 fully saturated rings. The van der Waals surface area contributed by atoms with E-state index in [2.05, 4.69) is 11.9 Å². The van der Waals surface area contributed by atoms with Crippen molar-refractivity contribution in [3.8, 4) is 0 Å². The lowest BCUT2D eigenvalue weighted by Gasteiger charge is -2.29. The summed E-state index contributed by atoms with van der Waals surface area (Å²) >= 11 is 0. The van der Waals surface area contributed by atoms with Gasteiger partial charge in [-0.1, -0.05) is 19.3 Å². The first-order valence-electron chi connectivity index (χ1n) is 7.81. The lowest BCUT2D eigenvalue weighted by Crippen LogP contribution is -2.43. The lowest BCUT2D eigenvalue weighted by molar-refractivity contribution is 0.103. The Morgan fingerprint density at radius 1 is 1.16 bits per heavy atom. The molecule has 1 aliphatic rings. The van der Waals surface area contributed by atoms with Gasteiger partial charge < -0.3 is 14.0 Å².